The Labute approximate surface area is 47.5 Å². The van der Waals surface area contributed by atoms with Crippen LogP contribution >= 0.6 is 12.2 Å². The Morgan fingerprint density at radius 3 is 2.71 bits per heavy atom. The molecule has 0 bridgehead atoms. The molecule has 0 fully saturated rings. The maximum absolute atomic E-state index is 9.43. The van der Waals surface area contributed by atoms with Gasteiger partial charge in [-0.05, 0) is 6.92 Å². The molecule has 0 atom stereocenters. The Balaban J connectivity index is 2.97. The third-order valence-electron chi connectivity index (χ3n) is 0.355. The van der Waals surface area contributed by atoms with Crippen LogP contribution in [0.15, 0.2) is 0 Å². The number of hydrogen-bond acceptors (Lipinski definition) is 3. The second-order valence-electron chi connectivity index (χ2n) is 1.11. The number of thiocarbonyl (C=S) groups is 1. The normalized spacial score (nSPS) is 7.57. The number of carbonyl (C=O) groups excluding carboxylic acids is 1. The van der Waals surface area contributed by atoms with Crippen molar-refractivity contribution in [2.75, 3.05) is 6.61 Å². The summed E-state index contributed by atoms with van der Waals surface area (Å²) in [5.41, 5.74) is 0. The second-order valence-corrected chi connectivity index (χ2v) is 1.81. The highest BCUT2D eigenvalue weighted by Crippen LogP contribution is 1.73. The zero-order chi connectivity index (χ0) is 5.70. The molecule has 0 saturated heterocycles. The maximum Gasteiger partial charge on any atom is 0.293 e. The first-order valence-electron chi connectivity index (χ1n) is 1.82. The zero-order valence-electron chi connectivity index (χ0n) is 4.01. The molecule has 0 N–H and O–H groups in total. The van der Waals surface area contributed by atoms with Crippen molar-refractivity contribution in [2.24, 2.45) is 0 Å². The smallest absolute Gasteiger partial charge is 0.293 e. The fourth-order valence-electron chi connectivity index (χ4n) is 0.151. The minimum atomic E-state index is 0.263. The molecule has 0 aromatic carbocycles. The Bertz CT molecular complexity index is 79.8. The van der Waals surface area contributed by atoms with Crippen LogP contribution in [0, 0.1) is 0 Å². The molecule has 40 valence electrons. The third kappa shape index (κ3) is 5.56. The molecule has 0 unspecified atom stereocenters. The van der Waals surface area contributed by atoms with Gasteiger partial charge in [0.05, 0.1) is 0 Å². The lowest BCUT2D eigenvalue weighted by atomic mass is 10.5. The van der Waals surface area contributed by atoms with Gasteiger partial charge in [-0.1, -0.05) is 12.2 Å². The van der Waals surface area contributed by atoms with Crippen LogP contribution in [0.2, 0.25) is 0 Å². The number of ether oxygens (including phenoxy) is 1. The van der Waals surface area contributed by atoms with Gasteiger partial charge in [-0.3, -0.25) is 4.79 Å². The van der Waals surface area contributed by atoms with Crippen molar-refractivity contribution in [3.63, 3.8) is 0 Å². The van der Waals surface area contributed by atoms with Gasteiger partial charge in [0.2, 0.25) is 0 Å². The fraction of sp³-hybridized carbons (Fsp3) is 0.500. The van der Waals surface area contributed by atoms with E-state index >= 15 is 0 Å². The molecular weight excluding hydrogens is 112 g/mol. The highest BCUT2D eigenvalue weighted by Gasteiger charge is 1.82. The van der Waals surface area contributed by atoms with Gasteiger partial charge in [0.15, 0.2) is 0 Å². The lowest BCUT2D eigenvalue weighted by Crippen LogP contribution is -1.98. The van der Waals surface area contributed by atoms with E-state index in [1.807, 2.05) is 0 Å². The standard InChI is InChI=1S/C4H6O2S/c1-4(7)2-6-3-5/h3H,2H2,1H3. The molecule has 0 rings (SSSR count). The van der Waals surface area contributed by atoms with Crippen LogP contribution in [0.25, 0.3) is 0 Å². The maximum atomic E-state index is 9.43. The summed E-state index contributed by atoms with van der Waals surface area (Å²) in [6.45, 7) is 2.37. The van der Waals surface area contributed by atoms with E-state index in [2.05, 4.69) is 17.0 Å². The highest BCUT2D eigenvalue weighted by atomic mass is 32.1. The molecule has 0 aromatic rings. The Morgan fingerprint density at radius 1 is 2.00 bits per heavy atom. The third-order valence-corrected chi connectivity index (χ3v) is 0.472. The van der Waals surface area contributed by atoms with Crippen molar-refractivity contribution < 1.29 is 9.53 Å². The molecule has 0 heterocycles. The molecule has 0 aliphatic carbocycles. The SMILES string of the molecule is CC(=S)COC=O. The lowest BCUT2D eigenvalue weighted by Gasteiger charge is -1.89. The molecule has 2 nitrogen and oxygen atoms in total. The Kier molecular flexibility index (Phi) is 3.50. The monoisotopic (exact) mass is 118 g/mol. The predicted molar refractivity (Wildman–Crippen MR) is 30.3 cm³/mol. The zero-order valence-corrected chi connectivity index (χ0v) is 4.83. The van der Waals surface area contributed by atoms with E-state index in [0.29, 0.717) is 11.3 Å². The van der Waals surface area contributed by atoms with Crippen LogP contribution in [0.4, 0.5) is 0 Å². The molecular formula is C4H6O2S. The van der Waals surface area contributed by atoms with Gasteiger partial charge in [-0.15, -0.1) is 0 Å². The summed E-state index contributed by atoms with van der Waals surface area (Å²) in [5, 5.41) is 0. The van der Waals surface area contributed by atoms with Crippen LogP contribution in [0.3, 0.4) is 0 Å². The summed E-state index contributed by atoms with van der Waals surface area (Å²) < 4.78 is 4.27. The van der Waals surface area contributed by atoms with Gasteiger partial charge in [-0.25, -0.2) is 0 Å². The van der Waals surface area contributed by atoms with Crippen molar-refractivity contribution in [3.05, 3.63) is 0 Å². The van der Waals surface area contributed by atoms with Gasteiger partial charge in [0.25, 0.3) is 6.47 Å². The Morgan fingerprint density at radius 2 is 2.57 bits per heavy atom. The van der Waals surface area contributed by atoms with Crippen LogP contribution < -0.4 is 0 Å². The van der Waals surface area contributed by atoms with Crippen LogP contribution in [0.5, 0.6) is 0 Å². The van der Waals surface area contributed by atoms with Crippen molar-refractivity contribution in [1.82, 2.24) is 0 Å². The first kappa shape index (κ1) is 6.56. The number of carbonyl (C=O) groups is 1. The molecule has 0 saturated carbocycles. The summed E-state index contributed by atoms with van der Waals surface area (Å²) in [4.78, 5) is 10.1. The summed E-state index contributed by atoms with van der Waals surface area (Å²) >= 11 is 4.58. The first-order valence-corrected chi connectivity index (χ1v) is 2.23. The number of rotatable bonds is 3. The van der Waals surface area contributed by atoms with Crippen molar-refractivity contribution in [1.29, 1.82) is 0 Å². The van der Waals surface area contributed by atoms with Gasteiger partial charge in [-0.2, -0.15) is 0 Å². The van der Waals surface area contributed by atoms with Gasteiger partial charge in [0, 0.05) is 4.86 Å². The van der Waals surface area contributed by atoms with E-state index in [4.69, 9.17) is 0 Å². The van der Waals surface area contributed by atoms with E-state index in [0.717, 1.165) is 0 Å². The van der Waals surface area contributed by atoms with Crippen LogP contribution in [-0.2, 0) is 9.53 Å². The van der Waals surface area contributed by atoms with Crippen molar-refractivity contribution in [3.8, 4) is 0 Å². The van der Waals surface area contributed by atoms with Crippen molar-refractivity contribution >= 4 is 23.6 Å². The van der Waals surface area contributed by atoms with Gasteiger partial charge >= 0.3 is 0 Å². The highest BCUT2D eigenvalue weighted by molar-refractivity contribution is 7.80. The van der Waals surface area contributed by atoms with Crippen LogP contribution in [0.1, 0.15) is 6.92 Å². The van der Waals surface area contributed by atoms with E-state index in [1.165, 1.54) is 0 Å². The molecule has 0 aromatic heterocycles. The summed E-state index contributed by atoms with van der Waals surface area (Å²) in [6.07, 6.45) is 0. The molecule has 0 aliphatic heterocycles. The quantitative estimate of drug-likeness (QED) is 0.400. The van der Waals surface area contributed by atoms with Crippen LogP contribution in [-0.4, -0.2) is 17.9 Å². The molecule has 0 amide bonds. The summed E-state index contributed by atoms with van der Waals surface area (Å²) in [6, 6.07) is 0. The predicted octanol–water partition coefficient (Wildman–Crippen LogP) is 0.549. The van der Waals surface area contributed by atoms with E-state index in [1.54, 1.807) is 6.92 Å². The lowest BCUT2D eigenvalue weighted by molar-refractivity contribution is -0.127. The largest absolute Gasteiger partial charge is 0.462 e. The van der Waals surface area contributed by atoms with Gasteiger partial charge < -0.3 is 4.74 Å². The summed E-state index contributed by atoms with van der Waals surface area (Å²) in [5.74, 6) is 0. The molecule has 0 radical (unpaired) electrons. The number of hydrogen-bond donors (Lipinski definition) is 0. The molecule has 0 spiro atoms. The second kappa shape index (κ2) is 3.74. The van der Waals surface area contributed by atoms with Crippen molar-refractivity contribution in [2.45, 2.75) is 6.92 Å². The average molecular weight is 118 g/mol. The Hall–Kier alpha value is -0.440. The molecule has 7 heavy (non-hydrogen) atoms. The minimum absolute atomic E-state index is 0.263. The van der Waals surface area contributed by atoms with E-state index < -0.39 is 0 Å². The average Bonchev–Trinajstić information content (AvgIpc) is 1.61. The minimum Gasteiger partial charge on any atom is -0.462 e. The van der Waals surface area contributed by atoms with E-state index in [-0.39, 0.29) is 6.61 Å². The van der Waals surface area contributed by atoms with Gasteiger partial charge in [0.1, 0.15) is 6.61 Å². The van der Waals surface area contributed by atoms with E-state index in [9.17, 15) is 4.79 Å². The fourth-order valence-corrected chi connectivity index (χ4v) is 0.219. The summed E-state index contributed by atoms with van der Waals surface area (Å²) in [7, 11) is 0. The molecule has 0 aliphatic rings. The topological polar surface area (TPSA) is 26.3 Å². The molecule has 3 heteroatoms. The first-order chi connectivity index (χ1) is 3.27.